The van der Waals surface area contributed by atoms with Crippen LogP contribution >= 0.6 is 11.3 Å². The lowest BCUT2D eigenvalue weighted by Gasteiger charge is -2.35. The monoisotopic (exact) mass is 384 g/mol. The third kappa shape index (κ3) is 4.26. The Hall–Kier alpha value is -1.69. The Kier molecular flexibility index (Phi) is 5.62. The summed E-state index contributed by atoms with van der Waals surface area (Å²) in [7, 11) is 0. The number of ether oxygens (including phenoxy) is 1. The van der Waals surface area contributed by atoms with Gasteiger partial charge in [-0.05, 0) is 66.8 Å². The van der Waals surface area contributed by atoms with Crippen molar-refractivity contribution in [2.75, 3.05) is 19.6 Å². The van der Waals surface area contributed by atoms with Gasteiger partial charge < -0.3 is 9.64 Å². The maximum absolute atomic E-state index is 13.0. The average Bonchev–Trinajstić information content (AvgIpc) is 3.32. The zero-order valence-electron chi connectivity index (χ0n) is 16.1. The van der Waals surface area contributed by atoms with Crippen LogP contribution in [-0.2, 0) is 11.3 Å². The van der Waals surface area contributed by atoms with Gasteiger partial charge in [0.2, 0.25) is 0 Å². The minimum Gasteiger partial charge on any atom is -0.373 e. The molecule has 4 nitrogen and oxygen atoms in total. The van der Waals surface area contributed by atoms with Crippen LogP contribution in [0.15, 0.2) is 41.1 Å². The first-order valence-electron chi connectivity index (χ1n) is 9.90. The van der Waals surface area contributed by atoms with E-state index in [0.717, 1.165) is 44.6 Å². The SMILES string of the molecule is CC1CN(Cc2ccc(C(=O)N3CCCC3c3ccsc3)cc2)CC(C)O1. The Morgan fingerprint density at radius 3 is 2.56 bits per heavy atom. The van der Waals surface area contributed by atoms with E-state index in [1.807, 2.05) is 17.0 Å². The number of likely N-dealkylation sites (tertiary alicyclic amines) is 1. The van der Waals surface area contributed by atoms with Crippen molar-refractivity contribution in [3.63, 3.8) is 0 Å². The molecular weight excluding hydrogens is 356 g/mol. The molecule has 144 valence electrons. The van der Waals surface area contributed by atoms with Crippen molar-refractivity contribution in [2.45, 2.75) is 51.5 Å². The molecule has 1 aromatic carbocycles. The molecule has 0 spiro atoms. The second kappa shape index (κ2) is 8.13. The molecule has 27 heavy (non-hydrogen) atoms. The molecule has 2 aromatic rings. The van der Waals surface area contributed by atoms with E-state index in [4.69, 9.17) is 4.74 Å². The fraction of sp³-hybridized carbons (Fsp3) is 0.500. The van der Waals surface area contributed by atoms with Crippen LogP contribution in [0, 0.1) is 0 Å². The van der Waals surface area contributed by atoms with Gasteiger partial charge in [0.25, 0.3) is 5.91 Å². The quantitative estimate of drug-likeness (QED) is 0.786. The zero-order chi connectivity index (χ0) is 18.8. The minimum absolute atomic E-state index is 0.156. The van der Waals surface area contributed by atoms with Crippen LogP contribution < -0.4 is 0 Å². The summed E-state index contributed by atoms with van der Waals surface area (Å²) < 4.78 is 5.81. The van der Waals surface area contributed by atoms with Crippen molar-refractivity contribution in [1.82, 2.24) is 9.80 Å². The maximum Gasteiger partial charge on any atom is 0.254 e. The standard InChI is InChI=1S/C22H28N2O2S/c1-16-12-23(13-17(2)26-16)14-18-5-7-19(8-6-18)22(25)24-10-3-4-21(24)20-9-11-27-15-20/h5-9,11,15-17,21H,3-4,10,12-14H2,1-2H3. The van der Waals surface area contributed by atoms with Crippen LogP contribution in [0.25, 0.3) is 0 Å². The van der Waals surface area contributed by atoms with Gasteiger partial charge in [0.1, 0.15) is 0 Å². The number of carbonyl (C=O) groups excluding carboxylic acids is 1. The van der Waals surface area contributed by atoms with E-state index in [9.17, 15) is 4.79 Å². The number of hydrogen-bond donors (Lipinski definition) is 0. The summed E-state index contributed by atoms with van der Waals surface area (Å²) in [5.74, 6) is 0.156. The molecular formula is C22H28N2O2S. The second-order valence-electron chi connectivity index (χ2n) is 7.86. The van der Waals surface area contributed by atoms with Crippen molar-refractivity contribution in [3.8, 4) is 0 Å². The Balaban J connectivity index is 1.42. The molecule has 4 rings (SSSR count). The molecule has 1 aromatic heterocycles. The van der Waals surface area contributed by atoms with Crippen LogP contribution in [-0.4, -0.2) is 47.5 Å². The molecule has 2 aliphatic rings. The van der Waals surface area contributed by atoms with Gasteiger partial charge in [-0.15, -0.1) is 0 Å². The Morgan fingerprint density at radius 1 is 1.15 bits per heavy atom. The highest BCUT2D eigenvalue weighted by atomic mass is 32.1. The van der Waals surface area contributed by atoms with Gasteiger partial charge in [0, 0.05) is 31.7 Å². The maximum atomic E-state index is 13.0. The topological polar surface area (TPSA) is 32.8 Å². The summed E-state index contributed by atoms with van der Waals surface area (Å²) in [4.78, 5) is 17.5. The van der Waals surface area contributed by atoms with Crippen LogP contribution in [0.5, 0.6) is 0 Å². The van der Waals surface area contributed by atoms with Gasteiger partial charge in [-0.25, -0.2) is 0 Å². The Labute approximate surface area is 165 Å². The van der Waals surface area contributed by atoms with Gasteiger partial charge in [-0.1, -0.05) is 12.1 Å². The molecule has 0 aliphatic carbocycles. The van der Waals surface area contributed by atoms with Gasteiger partial charge in [0.15, 0.2) is 0 Å². The van der Waals surface area contributed by atoms with Crippen molar-refractivity contribution in [3.05, 3.63) is 57.8 Å². The number of benzene rings is 1. The van der Waals surface area contributed by atoms with E-state index < -0.39 is 0 Å². The molecule has 3 unspecified atom stereocenters. The number of thiophene rings is 1. The van der Waals surface area contributed by atoms with Crippen LogP contribution in [0.1, 0.15) is 54.2 Å². The smallest absolute Gasteiger partial charge is 0.254 e. The summed E-state index contributed by atoms with van der Waals surface area (Å²) in [6, 6.07) is 10.6. The number of carbonyl (C=O) groups is 1. The van der Waals surface area contributed by atoms with Crippen molar-refractivity contribution in [1.29, 1.82) is 0 Å². The summed E-state index contributed by atoms with van der Waals surface area (Å²) >= 11 is 1.70. The lowest BCUT2D eigenvalue weighted by Crippen LogP contribution is -2.44. The number of amides is 1. The van der Waals surface area contributed by atoms with E-state index in [0.29, 0.717) is 0 Å². The number of rotatable bonds is 4. The predicted octanol–water partition coefficient (Wildman–Crippen LogP) is 4.33. The second-order valence-corrected chi connectivity index (χ2v) is 8.64. The first-order valence-corrected chi connectivity index (χ1v) is 10.8. The van der Waals surface area contributed by atoms with Crippen molar-refractivity contribution >= 4 is 17.2 Å². The Morgan fingerprint density at radius 2 is 1.89 bits per heavy atom. The van der Waals surface area contributed by atoms with Crippen molar-refractivity contribution in [2.24, 2.45) is 0 Å². The highest BCUT2D eigenvalue weighted by Crippen LogP contribution is 2.34. The molecule has 2 aliphatic heterocycles. The van der Waals surface area contributed by atoms with Crippen LogP contribution in [0.4, 0.5) is 0 Å². The predicted molar refractivity (Wildman–Crippen MR) is 109 cm³/mol. The van der Waals surface area contributed by atoms with E-state index in [-0.39, 0.29) is 24.2 Å². The molecule has 0 bridgehead atoms. The van der Waals surface area contributed by atoms with E-state index >= 15 is 0 Å². The third-order valence-corrected chi connectivity index (χ3v) is 6.25. The van der Waals surface area contributed by atoms with Crippen LogP contribution in [0.2, 0.25) is 0 Å². The first-order chi connectivity index (χ1) is 13.1. The molecule has 2 saturated heterocycles. The zero-order valence-corrected chi connectivity index (χ0v) is 17.0. The molecule has 0 saturated carbocycles. The van der Waals surface area contributed by atoms with Crippen LogP contribution in [0.3, 0.4) is 0 Å². The van der Waals surface area contributed by atoms with Crippen molar-refractivity contribution < 1.29 is 9.53 Å². The fourth-order valence-corrected chi connectivity index (χ4v) is 5.12. The molecule has 0 radical (unpaired) electrons. The summed E-state index contributed by atoms with van der Waals surface area (Å²) in [5, 5.41) is 4.27. The molecule has 3 atom stereocenters. The van der Waals surface area contributed by atoms with E-state index in [1.54, 1.807) is 11.3 Å². The third-order valence-electron chi connectivity index (χ3n) is 5.54. The van der Waals surface area contributed by atoms with E-state index in [1.165, 1.54) is 11.1 Å². The molecule has 0 N–H and O–H groups in total. The number of nitrogens with zero attached hydrogens (tertiary/aromatic N) is 2. The molecule has 1 amide bonds. The molecule has 3 heterocycles. The first kappa shape index (κ1) is 18.7. The normalized spacial score (nSPS) is 26.4. The summed E-state index contributed by atoms with van der Waals surface area (Å²) in [6.07, 6.45) is 2.70. The highest BCUT2D eigenvalue weighted by molar-refractivity contribution is 7.08. The molecule has 2 fully saturated rings. The number of morpholine rings is 1. The largest absolute Gasteiger partial charge is 0.373 e. The minimum atomic E-state index is 0.156. The van der Waals surface area contributed by atoms with Gasteiger partial charge in [-0.3, -0.25) is 9.69 Å². The summed E-state index contributed by atoms with van der Waals surface area (Å²) in [6.45, 7) is 7.94. The number of hydrogen-bond acceptors (Lipinski definition) is 4. The molecule has 5 heteroatoms. The van der Waals surface area contributed by atoms with Gasteiger partial charge >= 0.3 is 0 Å². The average molecular weight is 385 g/mol. The lowest BCUT2D eigenvalue weighted by atomic mass is 10.1. The fourth-order valence-electron chi connectivity index (χ4n) is 4.41. The van der Waals surface area contributed by atoms with Gasteiger partial charge in [0.05, 0.1) is 18.2 Å². The van der Waals surface area contributed by atoms with E-state index in [2.05, 4.69) is 47.7 Å². The summed E-state index contributed by atoms with van der Waals surface area (Å²) in [5.41, 5.74) is 3.33. The lowest BCUT2D eigenvalue weighted by molar-refractivity contribution is -0.0704. The highest BCUT2D eigenvalue weighted by Gasteiger charge is 2.30. The van der Waals surface area contributed by atoms with Gasteiger partial charge in [-0.2, -0.15) is 11.3 Å². The Bertz CT molecular complexity index is 749.